The van der Waals surface area contributed by atoms with Gasteiger partial charge in [-0.05, 0) is 43.5 Å². The molecule has 3 aliphatic heterocycles. The fraction of sp³-hybridized carbons (Fsp3) is 0.714. The van der Waals surface area contributed by atoms with Gasteiger partial charge in [0.25, 0.3) is 0 Å². The average molecular weight is 342 g/mol. The predicted octanol–water partition coefficient (Wildman–Crippen LogP) is 2.92. The zero-order chi connectivity index (χ0) is 16.7. The minimum Gasteiger partial charge on any atom is -0.486 e. The number of benzene rings is 1. The maximum atomic E-state index is 6.68. The summed E-state index contributed by atoms with van der Waals surface area (Å²) in [7, 11) is 0. The number of morpholine rings is 1. The molecule has 0 unspecified atom stereocenters. The number of piperidine rings is 1. The van der Waals surface area contributed by atoms with Crippen LogP contribution in [0, 0.1) is 5.92 Å². The first-order valence-corrected chi connectivity index (χ1v) is 10.2. The van der Waals surface area contributed by atoms with E-state index < -0.39 is 0 Å². The molecule has 1 spiro atoms. The third-order valence-electron chi connectivity index (χ3n) is 6.87. The Morgan fingerprint density at radius 1 is 1.12 bits per heavy atom. The van der Waals surface area contributed by atoms with Crippen LogP contribution in [0.4, 0.5) is 0 Å². The molecule has 0 amide bonds. The number of hydrogen-bond donors (Lipinski definition) is 1. The van der Waals surface area contributed by atoms with Gasteiger partial charge in [-0.15, -0.1) is 0 Å². The van der Waals surface area contributed by atoms with Crippen LogP contribution >= 0.6 is 0 Å². The van der Waals surface area contributed by atoms with Crippen LogP contribution in [0.5, 0.6) is 5.75 Å². The number of hydrogen-bond acceptors (Lipinski definition) is 4. The summed E-state index contributed by atoms with van der Waals surface area (Å²) in [5.74, 6) is 2.62. The van der Waals surface area contributed by atoms with Gasteiger partial charge in [0.2, 0.25) is 0 Å². The van der Waals surface area contributed by atoms with Gasteiger partial charge in [-0.2, -0.15) is 0 Å². The van der Waals surface area contributed by atoms with Gasteiger partial charge in [0.1, 0.15) is 11.4 Å². The third-order valence-corrected chi connectivity index (χ3v) is 6.87. The minimum atomic E-state index is 0.0657. The largest absolute Gasteiger partial charge is 0.486 e. The van der Waals surface area contributed by atoms with E-state index in [2.05, 4.69) is 28.4 Å². The molecule has 5 rings (SSSR count). The Morgan fingerprint density at radius 2 is 1.92 bits per heavy atom. The van der Waals surface area contributed by atoms with Crippen LogP contribution in [0.1, 0.15) is 49.1 Å². The van der Waals surface area contributed by atoms with Crippen molar-refractivity contribution in [3.63, 3.8) is 0 Å². The molecule has 1 aromatic rings. The molecule has 4 heteroatoms. The first kappa shape index (κ1) is 16.1. The molecule has 25 heavy (non-hydrogen) atoms. The molecule has 4 aliphatic rings. The van der Waals surface area contributed by atoms with E-state index in [0.29, 0.717) is 5.92 Å². The zero-order valence-corrected chi connectivity index (χ0v) is 15.1. The number of nitrogens with one attached hydrogen (secondary N) is 1. The maximum Gasteiger partial charge on any atom is 0.123 e. The van der Waals surface area contributed by atoms with Gasteiger partial charge >= 0.3 is 0 Å². The van der Waals surface area contributed by atoms with Crippen LogP contribution in [0.15, 0.2) is 18.2 Å². The lowest BCUT2D eigenvalue weighted by atomic mass is 9.64. The second-order valence-electron chi connectivity index (χ2n) is 8.35. The first-order valence-electron chi connectivity index (χ1n) is 10.2. The van der Waals surface area contributed by atoms with Crippen molar-refractivity contribution < 1.29 is 9.47 Å². The van der Waals surface area contributed by atoms with E-state index >= 15 is 0 Å². The van der Waals surface area contributed by atoms with Crippen LogP contribution < -0.4 is 10.1 Å². The van der Waals surface area contributed by atoms with Gasteiger partial charge in [-0.3, -0.25) is 4.90 Å². The molecule has 1 aromatic carbocycles. The van der Waals surface area contributed by atoms with Crippen LogP contribution in [-0.4, -0.2) is 49.9 Å². The maximum absolute atomic E-state index is 6.68. The van der Waals surface area contributed by atoms with Crippen molar-refractivity contribution in [1.82, 2.24) is 10.2 Å². The summed E-state index contributed by atoms with van der Waals surface area (Å²) in [6, 6.07) is 7.02. The van der Waals surface area contributed by atoms with Gasteiger partial charge in [-0.1, -0.05) is 18.6 Å². The van der Waals surface area contributed by atoms with Gasteiger partial charge in [0.05, 0.1) is 13.2 Å². The summed E-state index contributed by atoms with van der Waals surface area (Å²) in [4.78, 5) is 2.51. The molecule has 0 bridgehead atoms. The van der Waals surface area contributed by atoms with Gasteiger partial charge in [-0.25, -0.2) is 0 Å². The molecule has 3 fully saturated rings. The Kier molecular flexibility index (Phi) is 4.23. The standard InChI is InChI=1S/C21H30N2O2/c1-2-17(3-1)20-18-14-16(15-23-10-12-24-13-11-23)4-5-19(18)25-21(20)6-8-22-9-7-21/h4-5,14,17,20,22H,1-3,6-13,15H2/t20-/m1/s1. The normalized spacial score (nSPS) is 29.2. The molecule has 136 valence electrons. The fourth-order valence-corrected chi connectivity index (χ4v) is 5.34. The SMILES string of the molecule is c1cc2c(cc1CN1CCOCC1)[C@@H](C1CCC1)C1(CCNCC1)O2. The first-order chi connectivity index (χ1) is 12.3. The van der Waals surface area contributed by atoms with E-state index in [1.54, 1.807) is 0 Å². The van der Waals surface area contributed by atoms with Crippen molar-refractivity contribution in [2.24, 2.45) is 5.92 Å². The van der Waals surface area contributed by atoms with Crippen molar-refractivity contribution in [2.75, 3.05) is 39.4 Å². The molecular formula is C21H30N2O2. The number of ether oxygens (including phenoxy) is 2. The van der Waals surface area contributed by atoms with Crippen LogP contribution in [0.25, 0.3) is 0 Å². The molecule has 3 heterocycles. The second-order valence-corrected chi connectivity index (χ2v) is 8.35. The van der Waals surface area contributed by atoms with E-state index in [1.807, 2.05) is 0 Å². The van der Waals surface area contributed by atoms with Crippen molar-refractivity contribution in [3.05, 3.63) is 29.3 Å². The van der Waals surface area contributed by atoms with E-state index in [-0.39, 0.29) is 5.60 Å². The monoisotopic (exact) mass is 342 g/mol. The van der Waals surface area contributed by atoms with Crippen molar-refractivity contribution in [1.29, 1.82) is 0 Å². The Hall–Kier alpha value is -1.10. The van der Waals surface area contributed by atoms with Crippen LogP contribution in [0.2, 0.25) is 0 Å². The van der Waals surface area contributed by atoms with E-state index in [1.165, 1.54) is 36.1 Å². The highest BCUT2D eigenvalue weighted by Gasteiger charge is 2.52. The average Bonchev–Trinajstić information content (AvgIpc) is 2.89. The number of fused-ring (bicyclic) bond motifs is 1. The number of nitrogens with zero attached hydrogens (tertiary/aromatic N) is 1. The molecular weight excluding hydrogens is 312 g/mol. The lowest BCUT2D eigenvalue weighted by Gasteiger charge is -2.44. The molecule has 1 aliphatic carbocycles. The molecule has 4 nitrogen and oxygen atoms in total. The van der Waals surface area contributed by atoms with Crippen molar-refractivity contribution >= 4 is 0 Å². The van der Waals surface area contributed by atoms with Crippen LogP contribution in [0.3, 0.4) is 0 Å². The zero-order valence-electron chi connectivity index (χ0n) is 15.1. The molecule has 2 saturated heterocycles. The van der Waals surface area contributed by atoms with E-state index in [0.717, 1.165) is 64.7 Å². The summed E-state index contributed by atoms with van der Waals surface area (Å²) in [5.41, 5.74) is 3.02. The highest BCUT2D eigenvalue weighted by Crippen LogP contribution is 2.56. The Bertz CT molecular complexity index is 616. The minimum absolute atomic E-state index is 0.0657. The number of rotatable bonds is 3. The topological polar surface area (TPSA) is 33.7 Å². The molecule has 0 aromatic heterocycles. The molecule has 0 radical (unpaired) electrons. The lowest BCUT2D eigenvalue weighted by Crippen LogP contribution is -2.50. The highest BCUT2D eigenvalue weighted by molar-refractivity contribution is 5.46. The summed E-state index contributed by atoms with van der Waals surface area (Å²) < 4.78 is 12.2. The van der Waals surface area contributed by atoms with Crippen molar-refractivity contribution in [2.45, 2.75) is 50.2 Å². The Labute approximate surface area is 150 Å². The summed E-state index contributed by atoms with van der Waals surface area (Å²) >= 11 is 0. The summed E-state index contributed by atoms with van der Waals surface area (Å²) in [6.07, 6.45) is 6.48. The Balaban J connectivity index is 1.43. The van der Waals surface area contributed by atoms with Crippen molar-refractivity contribution in [3.8, 4) is 5.75 Å². The van der Waals surface area contributed by atoms with Gasteiger partial charge in [0, 0.05) is 44.0 Å². The molecule has 1 N–H and O–H groups in total. The molecule has 1 atom stereocenters. The lowest BCUT2D eigenvalue weighted by molar-refractivity contribution is 0.00376. The van der Waals surface area contributed by atoms with Gasteiger partial charge in [0.15, 0.2) is 0 Å². The quantitative estimate of drug-likeness (QED) is 0.916. The fourth-order valence-electron chi connectivity index (χ4n) is 5.34. The predicted molar refractivity (Wildman–Crippen MR) is 98.1 cm³/mol. The second kappa shape index (κ2) is 6.57. The summed E-state index contributed by atoms with van der Waals surface area (Å²) in [6.45, 7) is 7.08. The van der Waals surface area contributed by atoms with Crippen LogP contribution in [-0.2, 0) is 11.3 Å². The smallest absolute Gasteiger partial charge is 0.123 e. The summed E-state index contributed by atoms with van der Waals surface area (Å²) in [5, 5.41) is 3.53. The highest BCUT2D eigenvalue weighted by atomic mass is 16.5. The van der Waals surface area contributed by atoms with E-state index in [9.17, 15) is 0 Å². The molecule has 1 saturated carbocycles. The van der Waals surface area contributed by atoms with E-state index in [4.69, 9.17) is 9.47 Å². The van der Waals surface area contributed by atoms with Gasteiger partial charge < -0.3 is 14.8 Å². The third kappa shape index (κ3) is 2.88. The Morgan fingerprint density at radius 3 is 2.64 bits per heavy atom.